The molecule has 20 rings (SSSR count). The van der Waals surface area contributed by atoms with Gasteiger partial charge in [0.25, 0.3) is 23.6 Å². The number of ether oxygens (including phenoxy) is 4. The Morgan fingerprint density at radius 1 is 0.430 bits per heavy atom. The van der Waals surface area contributed by atoms with Crippen LogP contribution in [0.3, 0.4) is 0 Å². The highest BCUT2D eigenvalue weighted by Crippen LogP contribution is 2.66. The molecule has 0 radical (unpaired) electrons. The molecule has 746 valence electrons. The zero-order chi connectivity index (χ0) is 95.9. The number of benzene rings is 4. The van der Waals surface area contributed by atoms with Gasteiger partial charge in [0, 0.05) is 108 Å². The molecule has 10 N–H and O–H groups in total. The van der Waals surface area contributed by atoms with Gasteiger partial charge in [0.05, 0.1) is 24.4 Å². The van der Waals surface area contributed by atoms with E-state index in [2.05, 4.69) is 145 Å². The van der Waals surface area contributed by atoms with Gasteiger partial charge in [-0.2, -0.15) is 0 Å². The number of halogens is 2. The summed E-state index contributed by atoms with van der Waals surface area (Å²) in [5.41, 5.74) is 17.0. The first-order chi connectivity index (χ1) is 64.4. The minimum atomic E-state index is -0.931. The number of nitrogens with zero attached hydrogens (tertiary/aromatic N) is 8. The van der Waals surface area contributed by atoms with Crippen LogP contribution in [0.4, 0.5) is 9.59 Å². The van der Waals surface area contributed by atoms with E-state index in [1.807, 2.05) is 59.2 Å². The Morgan fingerprint density at radius 3 is 1.06 bits per heavy atom. The first-order valence-electron chi connectivity index (χ1n) is 50.6. The highest BCUT2D eigenvalue weighted by atomic mass is 79.9. The van der Waals surface area contributed by atoms with Crippen molar-refractivity contribution in [2.24, 2.45) is 62.0 Å². The summed E-state index contributed by atoms with van der Waals surface area (Å²) >= 11 is 9.09. The molecule has 8 saturated carbocycles. The number of hydrogen-bond acceptors (Lipinski definition) is 20. The summed E-state index contributed by atoms with van der Waals surface area (Å²) < 4.78 is 22.6. The van der Waals surface area contributed by atoms with Crippen LogP contribution in [0, 0.1) is 45.3 Å². The third kappa shape index (κ3) is 21.8. The van der Waals surface area contributed by atoms with Crippen molar-refractivity contribution in [1.82, 2.24) is 55.6 Å². The number of alkyl halides is 1. The van der Waals surface area contributed by atoms with E-state index in [4.69, 9.17) is 52.2 Å². The molecule has 8 amide bonds. The first kappa shape index (κ1) is 106. The van der Waals surface area contributed by atoms with Crippen LogP contribution in [0.5, 0.6) is 0 Å². The zero-order valence-corrected chi connectivity index (χ0v) is 87.4. The number of carbonyl (C=O) groups is 6. The molecule has 26 nitrogen and oxygen atoms in total. The number of aliphatic imine (C=N–C) groups is 1. The third-order valence-corrected chi connectivity index (χ3v) is 34.3. The van der Waals surface area contributed by atoms with Crippen molar-refractivity contribution >= 4 is 91.9 Å². The van der Waals surface area contributed by atoms with Crippen LogP contribution in [-0.2, 0) is 112 Å². The molecule has 4 heterocycles. The number of guanidine groups is 1. The molecular weight excluding hydrogens is 1850 g/mol. The van der Waals surface area contributed by atoms with Crippen LogP contribution in [0.15, 0.2) is 77.8 Å². The number of aryl methyl sites for hydroxylation is 4. The van der Waals surface area contributed by atoms with Crippen LogP contribution >= 0.6 is 45.1 Å². The number of nitrogens with two attached hydrogens (primary N) is 2. The van der Waals surface area contributed by atoms with Crippen LogP contribution in [-0.4, -0.2) is 258 Å². The van der Waals surface area contributed by atoms with Crippen molar-refractivity contribution in [3.8, 4) is 0 Å². The standard InChI is InChI=1S/C26H38N4O2.C26H37N3O3.C26H37N3O2S.C22H28N2O3.C4H10BrN.C2H6O.BrH.H3NO/c1-29(2)14-15-30-23(31)26(28-24(30)27)22-16-19(7-6-18-4-5-18)8-9-20(22)17-25(26)12-10-21(32-3)11-13-25;1-28(2)14-15-29-23(30)26(27-24(29)31)22-16-19(7-6-18-4-5-18)8-9-20(22)17-25(26)12-10-21(32-3)11-13-25;1-28(2)14-15-29-23(30)26(27-24(29)32)22-16-19(7-6-18-4-5-18)8-9-20(22)17-25(26)12-10-21(31-3)11-13-25;1-27-17-8-10-21(11-9-17)13-16-7-6-15(5-4-14-2-3-14)12-18(16)22(21)19(25)23-20(26)24-22;1-6(2)4-3-5;1-2-3;;1-2/h8-9,16,18,21H,4-7,10-15,17H2,1-3H3,(H2,27,28);8-9,16,18,21H,4-7,10-15,17H2,1-3H3,(H,27,31);8-9,16,18,21H,4-7,10-15,17H2,1-3H3,(H,27,32);6-7,12,14,17H,2-5,8-11,13H2,1H3,(H2,23,24,25,26);3-4H2,1-2H3;3H,2H2,1H3;1H;2H,1H2. The van der Waals surface area contributed by atoms with Crippen molar-refractivity contribution in [3.05, 3.63) is 140 Å². The van der Waals surface area contributed by atoms with E-state index in [9.17, 15) is 28.8 Å². The van der Waals surface area contributed by atoms with Gasteiger partial charge in [-0.1, -0.05) is 140 Å². The van der Waals surface area contributed by atoms with E-state index in [1.165, 1.54) is 132 Å². The molecule has 11 fully saturated rings. The Kier molecular flexibility index (Phi) is 35.5. The highest BCUT2D eigenvalue weighted by molar-refractivity contribution is 9.09. The molecule has 0 bridgehead atoms. The third-order valence-electron chi connectivity index (χ3n) is 33.7. The van der Waals surface area contributed by atoms with Gasteiger partial charge in [-0.3, -0.25) is 39.2 Å². The lowest BCUT2D eigenvalue weighted by Crippen LogP contribution is -2.57. The summed E-state index contributed by atoms with van der Waals surface area (Å²) in [5.74, 6) is 7.51. The zero-order valence-electron chi connectivity index (χ0n) is 83.3. The number of fused-ring (bicyclic) bond motifs is 12. The molecule has 16 aliphatic rings. The fourth-order valence-electron chi connectivity index (χ4n) is 25.1. The van der Waals surface area contributed by atoms with E-state index in [0.29, 0.717) is 43.4 Å². The van der Waals surface area contributed by atoms with Crippen LogP contribution in [0.25, 0.3) is 0 Å². The monoisotopic (exact) mass is 2010 g/mol. The molecule has 4 aromatic rings. The maximum atomic E-state index is 14.3. The Bertz CT molecular complexity index is 4650. The van der Waals surface area contributed by atoms with Gasteiger partial charge >= 0.3 is 12.1 Å². The number of amides is 8. The normalized spacial score (nSPS) is 30.2. The van der Waals surface area contributed by atoms with Crippen LogP contribution in [0.2, 0.25) is 0 Å². The average Bonchev–Trinajstić information content (AvgIpc) is 1.53. The number of rotatable bonds is 27. The lowest BCUT2D eigenvalue weighted by atomic mass is 9.61. The van der Waals surface area contributed by atoms with Gasteiger partial charge in [0.1, 0.15) is 0 Å². The van der Waals surface area contributed by atoms with Crippen molar-refractivity contribution in [2.45, 2.75) is 285 Å². The van der Waals surface area contributed by atoms with Gasteiger partial charge in [-0.05, 0) is 346 Å². The van der Waals surface area contributed by atoms with Gasteiger partial charge in [0.15, 0.2) is 33.2 Å². The van der Waals surface area contributed by atoms with Gasteiger partial charge < -0.3 is 70.5 Å². The number of nitrogens with one attached hydrogen (secondary N) is 4. The van der Waals surface area contributed by atoms with Crippen LogP contribution in [0.1, 0.15) is 253 Å². The minimum Gasteiger partial charge on any atom is -0.397 e. The van der Waals surface area contributed by atoms with Crippen molar-refractivity contribution in [3.63, 3.8) is 0 Å². The average molecular weight is 2010 g/mol. The van der Waals surface area contributed by atoms with Crippen molar-refractivity contribution < 1.29 is 58.0 Å². The quantitative estimate of drug-likeness (QED) is 0.0119. The Morgan fingerprint density at radius 2 is 0.733 bits per heavy atom. The van der Waals surface area contributed by atoms with Gasteiger partial charge in [-0.25, -0.2) is 20.5 Å². The van der Waals surface area contributed by atoms with E-state index in [0.717, 1.165) is 219 Å². The Labute approximate surface area is 828 Å². The fraction of sp³-hybridized carbons (Fsp3) is 0.698. The maximum absolute atomic E-state index is 14.3. The van der Waals surface area contributed by atoms with E-state index in [-0.39, 0.29) is 99.3 Å². The summed E-state index contributed by atoms with van der Waals surface area (Å²) in [4.78, 5) is 99.6. The molecule has 135 heavy (non-hydrogen) atoms. The largest absolute Gasteiger partial charge is 0.397 e. The Balaban J connectivity index is 0.000000147. The fourth-order valence-corrected chi connectivity index (χ4v) is 26.1. The van der Waals surface area contributed by atoms with Crippen LogP contribution < -0.4 is 32.9 Å². The number of aliphatic hydroxyl groups is 1. The maximum Gasteiger partial charge on any atom is 0.325 e. The SMILES string of the molecule is Br.CCO.CN(C)CCBr.COC1CCC2(CC1)Cc1ccc(CCC3CC3)cc1C21N=C(N)N(CCN(C)C)C1=O.COC1CCC2(CC1)Cc1ccc(CCC3CC3)cc1C21NC(=O)N(CCN(C)C)C1=O.COC1CCC2(CC1)Cc1ccc(CCC3CC3)cc1C21NC(=O)NC1=O.COC1CCC2(CC1)Cc1ccc(CCC3CC3)cc1C21NC(=S)N(CCN(C)C)C1=O.NO. The van der Waals surface area contributed by atoms with E-state index < -0.39 is 22.2 Å². The highest BCUT2D eigenvalue weighted by Gasteiger charge is 2.72. The predicted octanol–water partition coefficient (Wildman–Crippen LogP) is 14.2. The number of aliphatic hydroxyl groups excluding tert-OH is 1. The van der Waals surface area contributed by atoms with E-state index >= 15 is 0 Å². The molecule has 12 aliphatic carbocycles. The molecule has 8 spiro atoms. The number of methoxy groups -OCH3 is 4. The number of thiocarbonyl (C=S) groups is 1. The number of imide groups is 2. The molecule has 29 heteroatoms. The summed E-state index contributed by atoms with van der Waals surface area (Å²) in [6.07, 6.45) is 40.0. The second-order valence-corrected chi connectivity index (χ2v) is 44.4. The predicted molar refractivity (Wildman–Crippen MR) is 543 cm³/mol. The molecular formula is C106H160Br2N14O12S. The minimum absolute atomic E-state index is 0. The lowest BCUT2D eigenvalue weighted by Gasteiger charge is -2.46. The second-order valence-electron chi connectivity index (χ2n) is 43.3. The number of carbonyl (C=O) groups excluding carboxylic acids is 6. The first-order valence-corrected chi connectivity index (χ1v) is 52.1. The summed E-state index contributed by atoms with van der Waals surface area (Å²) in [6, 6.07) is 26.6. The molecule has 3 saturated heterocycles. The van der Waals surface area contributed by atoms with Crippen molar-refractivity contribution in [2.75, 3.05) is 143 Å². The topological polar surface area (TPSA) is 315 Å². The summed E-state index contributed by atoms with van der Waals surface area (Å²) in [6.45, 7) is 6.93. The number of urea groups is 2. The lowest BCUT2D eigenvalue weighted by molar-refractivity contribution is -0.139. The molecule has 4 atom stereocenters. The molecule has 4 aromatic carbocycles. The number of hydrogen-bond donors (Lipinski definition) is 8. The molecule has 0 aromatic heterocycles. The van der Waals surface area contributed by atoms with Gasteiger partial charge in [-0.15, -0.1) is 17.0 Å². The molecule has 4 aliphatic heterocycles. The Hall–Kier alpha value is -6.42. The summed E-state index contributed by atoms with van der Waals surface area (Å²) in [7, 11) is 23.3. The van der Waals surface area contributed by atoms with Gasteiger partial charge in [0.2, 0.25) is 0 Å². The second kappa shape index (κ2) is 45.2. The van der Waals surface area contributed by atoms with E-state index in [1.54, 1.807) is 33.2 Å². The summed E-state index contributed by atoms with van der Waals surface area (Å²) in [5, 5.41) is 28.3. The smallest absolute Gasteiger partial charge is 0.325 e. The van der Waals surface area contributed by atoms with Crippen molar-refractivity contribution in [1.29, 1.82) is 0 Å². The molecule has 4 unspecified atom stereocenters. The number of likely N-dealkylation sites (N-methyl/N-ethyl adjacent to an activating group) is 3.